The zero-order valence-electron chi connectivity index (χ0n) is 7.94. The normalized spacial score (nSPS) is 15.4. The highest BCUT2D eigenvalue weighted by molar-refractivity contribution is 7.80. The first kappa shape index (κ1) is 9.35. The number of hydrogen-bond acceptors (Lipinski definition) is 1. The molecule has 0 spiro atoms. The summed E-state index contributed by atoms with van der Waals surface area (Å²) in [6, 6.07) is 10.5. The van der Waals surface area contributed by atoms with Crippen LogP contribution in [0, 0.1) is 0 Å². The molecule has 0 aromatic heterocycles. The maximum atomic E-state index is 5.09. The van der Waals surface area contributed by atoms with Crippen LogP contribution in [0.2, 0.25) is 0 Å². The maximum absolute atomic E-state index is 5.09. The lowest BCUT2D eigenvalue weighted by molar-refractivity contribution is 1.17. The number of rotatable bonds is 2. The van der Waals surface area contributed by atoms with Crippen molar-refractivity contribution in [2.24, 2.45) is 0 Å². The van der Waals surface area contributed by atoms with Gasteiger partial charge in [0.05, 0.1) is 0 Å². The van der Waals surface area contributed by atoms with E-state index in [-0.39, 0.29) is 0 Å². The first-order valence-electron chi connectivity index (χ1n) is 4.78. The van der Waals surface area contributed by atoms with Crippen molar-refractivity contribution in [1.82, 2.24) is 0 Å². The molecule has 0 heterocycles. The Morgan fingerprint density at radius 1 is 1.07 bits per heavy atom. The van der Waals surface area contributed by atoms with Gasteiger partial charge in [-0.3, -0.25) is 0 Å². The molecule has 1 aliphatic carbocycles. The lowest BCUT2D eigenvalue weighted by Crippen LogP contribution is -1.96. The van der Waals surface area contributed by atoms with E-state index < -0.39 is 0 Å². The van der Waals surface area contributed by atoms with Crippen LogP contribution in [0.4, 0.5) is 0 Å². The molecule has 0 nitrogen and oxygen atoms in total. The Bertz CT molecular complexity index is 385. The van der Waals surface area contributed by atoms with Crippen LogP contribution in [-0.4, -0.2) is 4.86 Å². The SMILES string of the molecule is S=C1C=CC(Cc2ccccc2)=CC1. The van der Waals surface area contributed by atoms with Gasteiger partial charge in [-0.15, -0.1) is 0 Å². The largest absolute Gasteiger partial charge is 0.0846 e. The predicted octanol–water partition coefficient (Wildman–Crippen LogP) is 3.49. The summed E-state index contributed by atoms with van der Waals surface area (Å²) in [5.74, 6) is 0. The Morgan fingerprint density at radius 2 is 1.86 bits per heavy atom. The topological polar surface area (TPSA) is 0 Å². The van der Waals surface area contributed by atoms with Gasteiger partial charge in [-0.25, -0.2) is 0 Å². The number of allylic oxidation sites excluding steroid dienone is 4. The number of benzene rings is 1. The summed E-state index contributed by atoms with van der Waals surface area (Å²) in [5.41, 5.74) is 2.72. The molecule has 2 rings (SSSR count). The predicted molar refractivity (Wildman–Crippen MR) is 64.6 cm³/mol. The molecular weight excluding hydrogens is 188 g/mol. The van der Waals surface area contributed by atoms with E-state index >= 15 is 0 Å². The van der Waals surface area contributed by atoms with E-state index in [0.29, 0.717) is 0 Å². The van der Waals surface area contributed by atoms with E-state index in [1.165, 1.54) is 11.1 Å². The lowest BCUT2D eigenvalue weighted by atomic mass is 10.00. The minimum absolute atomic E-state index is 0.925. The molecule has 0 unspecified atom stereocenters. The van der Waals surface area contributed by atoms with Crippen LogP contribution in [0.1, 0.15) is 12.0 Å². The van der Waals surface area contributed by atoms with Crippen molar-refractivity contribution in [2.45, 2.75) is 12.8 Å². The van der Waals surface area contributed by atoms with E-state index in [1.807, 2.05) is 12.1 Å². The summed E-state index contributed by atoms with van der Waals surface area (Å²) >= 11 is 5.09. The molecular formula is C13H12S. The van der Waals surface area contributed by atoms with Crippen molar-refractivity contribution in [3.63, 3.8) is 0 Å². The zero-order chi connectivity index (χ0) is 9.80. The molecule has 0 saturated heterocycles. The second-order valence-electron chi connectivity index (χ2n) is 3.45. The Balaban J connectivity index is 2.06. The molecule has 0 bridgehead atoms. The monoisotopic (exact) mass is 200 g/mol. The minimum Gasteiger partial charge on any atom is -0.0846 e. The van der Waals surface area contributed by atoms with Crippen LogP contribution < -0.4 is 0 Å². The van der Waals surface area contributed by atoms with Gasteiger partial charge >= 0.3 is 0 Å². The Hall–Kier alpha value is -1.21. The molecule has 0 atom stereocenters. The highest BCUT2D eigenvalue weighted by atomic mass is 32.1. The smallest absolute Gasteiger partial charge is 0.0190 e. The summed E-state index contributed by atoms with van der Waals surface area (Å²) in [7, 11) is 0. The molecule has 14 heavy (non-hydrogen) atoms. The molecule has 0 saturated carbocycles. The third-order valence-corrected chi connectivity index (χ3v) is 2.60. The second-order valence-corrected chi connectivity index (χ2v) is 3.97. The summed E-state index contributed by atoms with van der Waals surface area (Å²) in [6.45, 7) is 0. The molecule has 1 heteroatoms. The summed E-state index contributed by atoms with van der Waals surface area (Å²) in [6.07, 6.45) is 8.32. The van der Waals surface area contributed by atoms with Crippen LogP contribution in [0.5, 0.6) is 0 Å². The first-order chi connectivity index (χ1) is 6.84. The molecule has 0 aliphatic heterocycles. The van der Waals surface area contributed by atoms with Gasteiger partial charge in [0.1, 0.15) is 0 Å². The van der Waals surface area contributed by atoms with Crippen molar-refractivity contribution in [3.05, 3.63) is 59.7 Å². The molecule has 0 amide bonds. The standard InChI is InChI=1S/C13H12S/c14-13-8-6-12(7-9-13)10-11-4-2-1-3-5-11/h1-8H,9-10H2. The first-order valence-corrected chi connectivity index (χ1v) is 5.19. The molecule has 1 aromatic carbocycles. The van der Waals surface area contributed by atoms with Crippen LogP contribution in [0.3, 0.4) is 0 Å². The number of hydrogen-bond donors (Lipinski definition) is 0. The minimum atomic E-state index is 0.925. The molecule has 0 fully saturated rings. The maximum Gasteiger partial charge on any atom is 0.0190 e. The van der Waals surface area contributed by atoms with Gasteiger partial charge in [-0.1, -0.05) is 54.7 Å². The van der Waals surface area contributed by atoms with Gasteiger partial charge in [0.25, 0.3) is 0 Å². The van der Waals surface area contributed by atoms with Crippen LogP contribution in [0.15, 0.2) is 54.1 Å². The van der Waals surface area contributed by atoms with E-state index in [1.54, 1.807) is 0 Å². The van der Waals surface area contributed by atoms with Gasteiger partial charge < -0.3 is 0 Å². The van der Waals surface area contributed by atoms with Gasteiger partial charge in [0, 0.05) is 11.3 Å². The highest BCUT2D eigenvalue weighted by Crippen LogP contribution is 2.14. The van der Waals surface area contributed by atoms with Crippen LogP contribution in [0.25, 0.3) is 0 Å². The van der Waals surface area contributed by atoms with Crippen LogP contribution in [-0.2, 0) is 6.42 Å². The highest BCUT2D eigenvalue weighted by Gasteiger charge is 2.01. The van der Waals surface area contributed by atoms with Crippen molar-refractivity contribution in [1.29, 1.82) is 0 Å². The van der Waals surface area contributed by atoms with Crippen molar-refractivity contribution in [3.8, 4) is 0 Å². The average Bonchev–Trinajstić information content (AvgIpc) is 2.23. The zero-order valence-corrected chi connectivity index (χ0v) is 8.76. The fourth-order valence-electron chi connectivity index (χ4n) is 1.53. The lowest BCUT2D eigenvalue weighted by Gasteiger charge is -2.07. The second kappa shape index (κ2) is 4.34. The van der Waals surface area contributed by atoms with Gasteiger partial charge in [0.15, 0.2) is 0 Å². The molecule has 0 N–H and O–H groups in total. The third kappa shape index (κ3) is 2.39. The van der Waals surface area contributed by atoms with Gasteiger partial charge in [0.2, 0.25) is 0 Å². The number of thiocarbonyl (C=S) groups is 1. The quantitative estimate of drug-likeness (QED) is 0.659. The van der Waals surface area contributed by atoms with Crippen LogP contribution >= 0.6 is 12.2 Å². The van der Waals surface area contributed by atoms with Crippen molar-refractivity contribution < 1.29 is 0 Å². The Kier molecular flexibility index (Phi) is 2.90. The van der Waals surface area contributed by atoms with E-state index in [4.69, 9.17) is 12.2 Å². The average molecular weight is 200 g/mol. The molecule has 0 radical (unpaired) electrons. The fraction of sp³-hybridized carbons (Fsp3) is 0.154. The van der Waals surface area contributed by atoms with E-state index in [0.717, 1.165) is 17.7 Å². The molecule has 1 aliphatic rings. The van der Waals surface area contributed by atoms with Crippen molar-refractivity contribution >= 4 is 17.1 Å². The van der Waals surface area contributed by atoms with E-state index in [2.05, 4.69) is 36.4 Å². The van der Waals surface area contributed by atoms with Gasteiger partial charge in [-0.2, -0.15) is 0 Å². The summed E-state index contributed by atoms with van der Waals surface area (Å²) in [5, 5.41) is 0. The van der Waals surface area contributed by atoms with Crippen molar-refractivity contribution in [2.75, 3.05) is 0 Å². The fourth-order valence-corrected chi connectivity index (χ4v) is 1.68. The van der Waals surface area contributed by atoms with Gasteiger partial charge in [-0.05, 0) is 23.6 Å². The Morgan fingerprint density at radius 3 is 2.50 bits per heavy atom. The Labute approximate surface area is 90.0 Å². The summed E-state index contributed by atoms with van der Waals surface area (Å²) in [4.78, 5) is 1.03. The molecule has 1 aromatic rings. The van der Waals surface area contributed by atoms with E-state index in [9.17, 15) is 0 Å². The summed E-state index contributed by atoms with van der Waals surface area (Å²) < 4.78 is 0. The third-order valence-electron chi connectivity index (χ3n) is 2.30. The molecule has 70 valence electrons.